The predicted octanol–water partition coefficient (Wildman–Crippen LogP) is 1.88. The number of carboxylic acid groups (broad SMARTS) is 1. The second-order valence-corrected chi connectivity index (χ2v) is 4.69. The molecule has 0 aromatic heterocycles. The molecule has 2 amide bonds. The minimum absolute atomic E-state index is 0.159. The van der Waals surface area contributed by atoms with E-state index in [0.29, 0.717) is 16.7 Å². The average molecular weight is 330 g/mol. The molecule has 0 bridgehead atoms. The monoisotopic (exact) mass is 329 g/mol. The van der Waals surface area contributed by atoms with Gasteiger partial charge in [0.15, 0.2) is 0 Å². The first-order valence-electron chi connectivity index (χ1n) is 5.77. The Balaban J connectivity index is 2.52. The molecule has 104 valence electrons. The van der Waals surface area contributed by atoms with Crippen molar-refractivity contribution in [2.75, 3.05) is 25.5 Å². The van der Waals surface area contributed by atoms with Gasteiger partial charge in [-0.25, -0.2) is 9.59 Å². The van der Waals surface area contributed by atoms with Gasteiger partial charge in [-0.3, -0.25) is 0 Å². The summed E-state index contributed by atoms with van der Waals surface area (Å²) in [7, 11) is 1.85. The molecule has 1 rings (SSSR count). The van der Waals surface area contributed by atoms with E-state index in [0.717, 1.165) is 13.0 Å². The largest absolute Gasteiger partial charge is 0.478 e. The van der Waals surface area contributed by atoms with Gasteiger partial charge in [0.1, 0.15) is 0 Å². The molecular weight excluding hydrogens is 314 g/mol. The Bertz CT molecular complexity index is 466. The van der Waals surface area contributed by atoms with E-state index >= 15 is 0 Å². The summed E-state index contributed by atoms with van der Waals surface area (Å²) in [4.78, 5) is 22.3. The van der Waals surface area contributed by atoms with Crippen LogP contribution in [0.1, 0.15) is 16.8 Å². The van der Waals surface area contributed by atoms with Gasteiger partial charge in [0.2, 0.25) is 0 Å². The molecule has 0 spiro atoms. The molecule has 1 aromatic rings. The number of hydrogen-bond donors (Lipinski definition) is 4. The summed E-state index contributed by atoms with van der Waals surface area (Å²) >= 11 is 3.22. The number of anilines is 1. The van der Waals surface area contributed by atoms with Crippen LogP contribution in [0.5, 0.6) is 0 Å². The Labute approximate surface area is 119 Å². The molecule has 1 aromatic carbocycles. The molecule has 0 atom stereocenters. The number of nitrogens with one attached hydrogen (secondary N) is 3. The summed E-state index contributed by atoms with van der Waals surface area (Å²) in [6.07, 6.45) is 0.836. The van der Waals surface area contributed by atoms with Crippen LogP contribution in [0.2, 0.25) is 0 Å². The quantitative estimate of drug-likeness (QED) is 0.600. The van der Waals surface area contributed by atoms with Gasteiger partial charge in [-0.1, -0.05) is 0 Å². The smallest absolute Gasteiger partial charge is 0.335 e. The van der Waals surface area contributed by atoms with Crippen LogP contribution in [0.3, 0.4) is 0 Å². The van der Waals surface area contributed by atoms with Crippen molar-refractivity contribution in [2.45, 2.75) is 6.42 Å². The molecule has 0 unspecified atom stereocenters. The van der Waals surface area contributed by atoms with Gasteiger partial charge < -0.3 is 21.1 Å². The fourth-order valence-corrected chi connectivity index (χ4v) is 1.86. The molecule has 0 saturated heterocycles. The van der Waals surface area contributed by atoms with Crippen molar-refractivity contribution in [2.24, 2.45) is 0 Å². The lowest BCUT2D eigenvalue weighted by Gasteiger charge is -2.09. The van der Waals surface area contributed by atoms with E-state index < -0.39 is 5.97 Å². The summed E-state index contributed by atoms with van der Waals surface area (Å²) in [6, 6.07) is 4.10. The SMILES string of the molecule is CNCCCNC(=O)Nc1ccc(C(=O)O)cc1Br. The number of urea groups is 1. The van der Waals surface area contributed by atoms with Crippen molar-refractivity contribution < 1.29 is 14.7 Å². The van der Waals surface area contributed by atoms with Crippen LogP contribution in [0.25, 0.3) is 0 Å². The van der Waals surface area contributed by atoms with Gasteiger partial charge in [0.05, 0.1) is 11.3 Å². The fraction of sp³-hybridized carbons (Fsp3) is 0.333. The van der Waals surface area contributed by atoms with Gasteiger partial charge in [-0.2, -0.15) is 0 Å². The lowest BCUT2D eigenvalue weighted by Crippen LogP contribution is -2.31. The number of halogens is 1. The molecule has 6 nitrogen and oxygen atoms in total. The topological polar surface area (TPSA) is 90.5 Å². The highest BCUT2D eigenvalue weighted by atomic mass is 79.9. The van der Waals surface area contributed by atoms with Gasteiger partial charge in [-0.15, -0.1) is 0 Å². The van der Waals surface area contributed by atoms with E-state index in [1.807, 2.05) is 7.05 Å². The Hall–Kier alpha value is -1.60. The summed E-state index contributed by atoms with van der Waals surface area (Å²) in [5.74, 6) is -1.01. The Morgan fingerprint density at radius 2 is 2.05 bits per heavy atom. The number of carbonyl (C=O) groups is 2. The summed E-state index contributed by atoms with van der Waals surface area (Å²) in [6.45, 7) is 1.40. The van der Waals surface area contributed by atoms with E-state index in [9.17, 15) is 9.59 Å². The molecular formula is C12H16BrN3O3. The minimum atomic E-state index is -1.01. The van der Waals surface area contributed by atoms with E-state index in [4.69, 9.17) is 5.11 Å². The van der Waals surface area contributed by atoms with Crippen molar-refractivity contribution in [3.63, 3.8) is 0 Å². The number of hydrogen-bond acceptors (Lipinski definition) is 3. The van der Waals surface area contributed by atoms with Crippen LogP contribution in [0.15, 0.2) is 22.7 Å². The highest BCUT2D eigenvalue weighted by Crippen LogP contribution is 2.23. The first-order chi connectivity index (χ1) is 9.04. The number of carboxylic acids is 1. The predicted molar refractivity (Wildman–Crippen MR) is 76.7 cm³/mol. The summed E-state index contributed by atoms with van der Waals surface area (Å²) < 4.78 is 0.526. The maximum Gasteiger partial charge on any atom is 0.335 e. The zero-order valence-corrected chi connectivity index (χ0v) is 12.1. The highest BCUT2D eigenvalue weighted by Gasteiger charge is 2.08. The van der Waals surface area contributed by atoms with E-state index in [1.54, 1.807) is 6.07 Å². The van der Waals surface area contributed by atoms with Gasteiger partial charge in [0.25, 0.3) is 0 Å². The van der Waals surface area contributed by atoms with E-state index in [-0.39, 0.29) is 11.6 Å². The second kappa shape index (κ2) is 7.75. The Kier molecular flexibility index (Phi) is 6.31. The second-order valence-electron chi connectivity index (χ2n) is 3.84. The first-order valence-corrected chi connectivity index (χ1v) is 6.56. The summed E-state index contributed by atoms with van der Waals surface area (Å²) in [5.41, 5.74) is 0.683. The van der Waals surface area contributed by atoms with Crippen molar-refractivity contribution >= 4 is 33.6 Å². The van der Waals surface area contributed by atoms with Crippen molar-refractivity contribution in [3.8, 4) is 0 Å². The normalized spacial score (nSPS) is 10.0. The fourth-order valence-electron chi connectivity index (χ4n) is 1.38. The molecule has 7 heteroatoms. The number of rotatable bonds is 6. The van der Waals surface area contributed by atoms with Crippen molar-refractivity contribution in [1.29, 1.82) is 0 Å². The molecule has 0 fully saturated rings. The molecule has 0 aliphatic heterocycles. The molecule has 0 radical (unpaired) electrons. The number of aromatic carboxylic acids is 1. The van der Waals surface area contributed by atoms with Crippen LogP contribution in [0, 0.1) is 0 Å². The standard InChI is InChI=1S/C12H16BrN3O3/c1-14-5-2-6-15-12(19)16-10-4-3-8(11(17)18)7-9(10)13/h3-4,7,14H,2,5-6H2,1H3,(H,17,18)(H2,15,16,19). The highest BCUT2D eigenvalue weighted by molar-refractivity contribution is 9.10. The van der Waals surface area contributed by atoms with Crippen LogP contribution in [0.4, 0.5) is 10.5 Å². The molecule has 4 N–H and O–H groups in total. The Morgan fingerprint density at radius 1 is 1.32 bits per heavy atom. The van der Waals surface area contributed by atoms with Crippen LogP contribution in [-0.4, -0.2) is 37.2 Å². The zero-order valence-electron chi connectivity index (χ0n) is 10.5. The molecule has 0 aliphatic rings. The van der Waals surface area contributed by atoms with Crippen molar-refractivity contribution in [1.82, 2.24) is 10.6 Å². The van der Waals surface area contributed by atoms with Gasteiger partial charge in [0, 0.05) is 11.0 Å². The van der Waals surface area contributed by atoms with Crippen LogP contribution < -0.4 is 16.0 Å². The van der Waals surface area contributed by atoms with Gasteiger partial charge >= 0.3 is 12.0 Å². The lowest BCUT2D eigenvalue weighted by atomic mass is 10.2. The maximum absolute atomic E-state index is 11.6. The lowest BCUT2D eigenvalue weighted by molar-refractivity contribution is 0.0697. The van der Waals surface area contributed by atoms with E-state index in [1.165, 1.54) is 12.1 Å². The number of amides is 2. The summed E-state index contributed by atoms with van der Waals surface area (Å²) in [5, 5.41) is 17.2. The maximum atomic E-state index is 11.6. The third kappa shape index (κ3) is 5.27. The third-order valence-corrected chi connectivity index (χ3v) is 3.01. The van der Waals surface area contributed by atoms with Gasteiger partial charge in [-0.05, 0) is 54.1 Å². The molecule has 19 heavy (non-hydrogen) atoms. The third-order valence-electron chi connectivity index (χ3n) is 2.35. The van der Waals surface area contributed by atoms with Crippen molar-refractivity contribution in [3.05, 3.63) is 28.2 Å². The van der Waals surface area contributed by atoms with E-state index in [2.05, 4.69) is 31.9 Å². The minimum Gasteiger partial charge on any atom is -0.478 e. The average Bonchev–Trinajstić information content (AvgIpc) is 2.37. The van der Waals surface area contributed by atoms with Crippen LogP contribution >= 0.6 is 15.9 Å². The molecule has 0 heterocycles. The molecule has 0 aliphatic carbocycles. The number of benzene rings is 1. The van der Waals surface area contributed by atoms with Crippen LogP contribution in [-0.2, 0) is 0 Å². The first kappa shape index (κ1) is 15.5. The molecule has 0 saturated carbocycles. The Morgan fingerprint density at radius 3 is 2.63 bits per heavy atom. The zero-order chi connectivity index (χ0) is 14.3. The number of carbonyl (C=O) groups excluding carboxylic acids is 1.